The van der Waals surface area contributed by atoms with Crippen LogP contribution in [0.2, 0.25) is 0 Å². The summed E-state index contributed by atoms with van der Waals surface area (Å²) in [5.74, 6) is 2.28. The van der Waals surface area contributed by atoms with Crippen LogP contribution in [-0.4, -0.2) is 14.8 Å². The number of hydrogen-bond donors (Lipinski definition) is 1. The first-order chi connectivity index (χ1) is 11.2. The molecule has 124 valence electrons. The number of benzene rings is 1. The summed E-state index contributed by atoms with van der Waals surface area (Å²) in [4.78, 5) is 0. The van der Waals surface area contributed by atoms with Gasteiger partial charge in [-0.1, -0.05) is 25.0 Å². The normalized spacial score (nSPS) is 16.8. The molecule has 1 fully saturated rings. The number of nitrogens with zero attached hydrogens (tertiary/aromatic N) is 3. The Bertz CT molecular complexity index is 646. The Kier molecular flexibility index (Phi) is 5.06. The van der Waals surface area contributed by atoms with Crippen molar-refractivity contribution >= 4 is 0 Å². The van der Waals surface area contributed by atoms with E-state index < -0.39 is 0 Å². The molecule has 1 aromatic heterocycles. The lowest BCUT2D eigenvalue weighted by atomic mass is 9.91. The number of hydrogen-bond acceptors (Lipinski definition) is 3. The van der Waals surface area contributed by atoms with Crippen molar-refractivity contribution in [3.63, 3.8) is 0 Å². The molecule has 0 radical (unpaired) electrons. The van der Waals surface area contributed by atoms with Crippen molar-refractivity contribution in [1.29, 1.82) is 0 Å². The third kappa shape index (κ3) is 3.61. The molecule has 1 aliphatic carbocycles. The van der Waals surface area contributed by atoms with Gasteiger partial charge in [0.1, 0.15) is 17.5 Å². The lowest BCUT2D eigenvalue weighted by molar-refractivity contribution is 0.359. The molecule has 3 rings (SSSR count). The van der Waals surface area contributed by atoms with Gasteiger partial charge in [-0.2, -0.15) is 0 Å². The molecule has 1 aliphatic rings. The van der Waals surface area contributed by atoms with E-state index in [2.05, 4.69) is 27.0 Å². The van der Waals surface area contributed by atoms with Gasteiger partial charge in [-0.3, -0.25) is 0 Å². The van der Waals surface area contributed by atoms with Crippen molar-refractivity contribution in [2.24, 2.45) is 5.92 Å². The van der Waals surface area contributed by atoms with Crippen LogP contribution in [0.25, 0.3) is 0 Å². The molecule has 0 spiro atoms. The van der Waals surface area contributed by atoms with Crippen molar-refractivity contribution < 1.29 is 4.39 Å². The molecule has 1 N–H and O–H groups in total. The average molecular weight is 316 g/mol. The molecule has 0 amide bonds. The SMILES string of the molecule is CCn1c(C)nnc1CN[C@H](c1cccc(F)c1)C1CCCC1. The quantitative estimate of drug-likeness (QED) is 0.882. The number of nitrogens with one attached hydrogen (secondary N) is 1. The van der Waals surface area contributed by atoms with Gasteiger partial charge >= 0.3 is 0 Å². The first kappa shape index (κ1) is 16.1. The van der Waals surface area contributed by atoms with Gasteiger partial charge in [0.15, 0.2) is 0 Å². The number of rotatable bonds is 6. The van der Waals surface area contributed by atoms with Gasteiger partial charge in [-0.25, -0.2) is 4.39 Å². The molecule has 4 nitrogen and oxygen atoms in total. The molecule has 2 aromatic rings. The molecule has 0 unspecified atom stereocenters. The Morgan fingerprint density at radius 3 is 2.78 bits per heavy atom. The number of halogens is 1. The zero-order valence-corrected chi connectivity index (χ0v) is 13.9. The van der Waals surface area contributed by atoms with E-state index >= 15 is 0 Å². The van der Waals surface area contributed by atoms with Gasteiger partial charge in [0, 0.05) is 12.6 Å². The topological polar surface area (TPSA) is 42.7 Å². The zero-order valence-electron chi connectivity index (χ0n) is 13.9. The smallest absolute Gasteiger partial charge is 0.147 e. The number of aromatic nitrogens is 3. The van der Waals surface area contributed by atoms with E-state index in [-0.39, 0.29) is 11.9 Å². The van der Waals surface area contributed by atoms with Gasteiger partial charge in [0.2, 0.25) is 0 Å². The second-order valence-corrected chi connectivity index (χ2v) is 6.37. The van der Waals surface area contributed by atoms with E-state index in [1.54, 1.807) is 12.1 Å². The van der Waals surface area contributed by atoms with Gasteiger partial charge in [0.25, 0.3) is 0 Å². The van der Waals surface area contributed by atoms with Crippen LogP contribution < -0.4 is 5.32 Å². The highest BCUT2D eigenvalue weighted by Crippen LogP contribution is 2.36. The minimum atomic E-state index is -0.167. The summed E-state index contributed by atoms with van der Waals surface area (Å²) in [6, 6.07) is 7.16. The van der Waals surface area contributed by atoms with Crippen LogP contribution in [0.5, 0.6) is 0 Å². The third-order valence-electron chi connectivity index (χ3n) is 4.89. The highest BCUT2D eigenvalue weighted by Gasteiger charge is 2.26. The van der Waals surface area contributed by atoms with E-state index in [9.17, 15) is 4.39 Å². The van der Waals surface area contributed by atoms with Gasteiger partial charge < -0.3 is 9.88 Å². The molecule has 0 aliphatic heterocycles. The van der Waals surface area contributed by atoms with Crippen molar-refractivity contribution in [1.82, 2.24) is 20.1 Å². The summed E-state index contributed by atoms with van der Waals surface area (Å²) in [5, 5.41) is 12.1. The Morgan fingerprint density at radius 2 is 2.09 bits per heavy atom. The molecular weight excluding hydrogens is 291 g/mol. The standard InChI is InChI=1S/C18H25FN4/c1-3-23-13(2)21-22-17(23)12-20-18(14-7-4-5-8-14)15-9-6-10-16(19)11-15/h6,9-11,14,18,20H,3-5,7-8,12H2,1-2H3/t18-/m0/s1. The fourth-order valence-corrected chi connectivity index (χ4v) is 3.72. The Morgan fingerprint density at radius 1 is 1.30 bits per heavy atom. The van der Waals surface area contributed by atoms with Gasteiger partial charge in [-0.05, 0) is 50.3 Å². The first-order valence-electron chi connectivity index (χ1n) is 8.56. The van der Waals surface area contributed by atoms with Crippen molar-refractivity contribution in [2.75, 3.05) is 0 Å². The summed E-state index contributed by atoms with van der Waals surface area (Å²) in [5.41, 5.74) is 1.04. The highest BCUT2D eigenvalue weighted by molar-refractivity contribution is 5.21. The van der Waals surface area contributed by atoms with Crippen LogP contribution in [0, 0.1) is 18.7 Å². The van der Waals surface area contributed by atoms with Crippen LogP contribution in [0.1, 0.15) is 55.9 Å². The lowest BCUT2D eigenvalue weighted by Gasteiger charge is -2.25. The van der Waals surface area contributed by atoms with Gasteiger partial charge in [-0.15, -0.1) is 10.2 Å². The van der Waals surface area contributed by atoms with Crippen molar-refractivity contribution in [3.05, 3.63) is 47.3 Å². The number of aryl methyl sites for hydroxylation is 1. The molecule has 1 atom stereocenters. The fourth-order valence-electron chi connectivity index (χ4n) is 3.72. The molecule has 0 bridgehead atoms. The Hall–Kier alpha value is -1.75. The summed E-state index contributed by atoms with van der Waals surface area (Å²) in [6.07, 6.45) is 4.94. The molecule has 23 heavy (non-hydrogen) atoms. The van der Waals surface area contributed by atoms with E-state index in [0.29, 0.717) is 12.5 Å². The lowest BCUT2D eigenvalue weighted by Crippen LogP contribution is -2.28. The second-order valence-electron chi connectivity index (χ2n) is 6.37. The van der Waals surface area contributed by atoms with Crippen LogP contribution in [0.15, 0.2) is 24.3 Å². The molecule has 1 saturated carbocycles. The zero-order chi connectivity index (χ0) is 16.2. The fraction of sp³-hybridized carbons (Fsp3) is 0.556. The highest BCUT2D eigenvalue weighted by atomic mass is 19.1. The molecular formula is C18H25FN4. The van der Waals surface area contributed by atoms with E-state index in [0.717, 1.165) is 23.8 Å². The third-order valence-corrected chi connectivity index (χ3v) is 4.89. The summed E-state index contributed by atoms with van der Waals surface area (Å²) >= 11 is 0. The van der Waals surface area contributed by atoms with Crippen LogP contribution in [-0.2, 0) is 13.1 Å². The second kappa shape index (κ2) is 7.21. The van der Waals surface area contributed by atoms with E-state index in [1.807, 2.05) is 13.0 Å². The van der Waals surface area contributed by atoms with Crippen LogP contribution in [0.4, 0.5) is 4.39 Å². The predicted molar refractivity (Wildman–Crippen MR) is 88.4 cm³/mol. The minimum absolute atomic E-state index is 0.167. The minimum Gasteiger partial charge on any atom is -0.314 e. The van der Waals surface area contributed by atoms with E-state index in [1.165, 1.54) is 31.7 Å². The largest absolute Gasteiger partial charge is 0.314 e. The Balaban J connectivity index is 1.78. The van der Waals surface area contributed by atoms with Crippen molar-refractivity contribution in [2.45, 2.75) is 58.7 Å². The van der Waals surface area contributed by atoms with Crippen molar-refractivity contribution in [3.8, 4) is 0 Å². The maximum atomic E-state index is 13.6. The maximum Gasteiger partial charge on any atom is 0.147 e. The molecule has 5 heteroatoms. The van der Waals surface area contributed by atoms with Crippen LogP contribution in [0.3, 0.4) is 0 Å². The van der Waals surface area contributed by atoms with Gasteiger partial charge in [0.05, 0.1) is 6.54 Å². The predicted octanol–water partition coefficient (Wildman–Crippen LogP) is 3.77. The molecule has 1 heterocycles. The summed E-state index contributed by atoms with van der Waals surface area (Å²) in [7, 11) is 0. The summed E-state index contributed by atoms with van der Waals surface area (Å²) < 4.78 is 15.8. The van der Waals surface area contributed by atoms with E-state index in [4.69, 9.17) is 0 Å². The maximum absolute atomic E-state index is 13.6. The summed E-state index contributed by atoms with van der Waals surface area (Å²) in [6.45, 7) is 5.60. The molecule has 0 saturated heterocycles. The average Bonchev–Trinajstić information content (AvgIpc) is 3.18. The Labute approximate surface area is 137 Å². The monoisotopic (exact) mass is 316 g/mol. The van der Waals surface area contributed by atoms with Crippen LogP contribution >= 0.6 is 0 Å². The molecule has 1 aromatic carbocycles. The first-order valence-corrected chi connectivity index (χ1v) is 8.56.